The molecule has 1 heterocycles. The smallest absolute Gasteiger partial charge is 0.0378 e. The number of allylic oxidation sites excluding steroid dienone is 1. The largest absolute Gasteiger partial charge is 0.135 e. The lowest BCUT2D eigenvalue weighted by Crippen LogP contribution is -2.19. The third kappa shape index (κ3) is 2.29. The topological polar surface area (TPSA) is 0 Å². The fourth-order valence-electron chi connectivity index (χ4n) is 1.63. The van der Waals surface area contributed by atoms with Crippen LogP contribution in [-0.2, 0) is 0 Å². The highest BCUT2D eigenvalue weighted by molar-refractivity contribution is 7.11. The summed E-state index contributed by atoms with van der Waals surface area (Å²) in [6.45, 7) is 14.2. The zero-order valence-corrected chi connectivity index (χ0v) is 10.6. The Kier molecular flexibility index (Phi) is 4.10. The zero-order valence-electron chi connectivity index (χ0n) is 9.76. The van der Waals surface area contributed by atoms with Crippen molar-refractivity contribution in [2.24, 2.45) is 0 Å². The fourth-order valence-corrected chi connectivity index (χ4v) is 2.91. The Morgan fingerprint density at radius 3 is 2.53 bits per heavy atom. The Balaban J connectivity index is 3.68. The Morgan fingerprint density at radius 1 is 1.47 bits per heavy atom. The van der Waals surface area contributed by atoms with Crippen molar-refractivity contribution in [3.63, 3.8) is 0 Å². The second-order valence-corrected chi connectivity index (χ2v) is 4.56. The highest BCUT2D eigenvalue weighted by Gasteiger charge is 2.05. The average Bonchev–Trinajstić information content (AvgIpc) is 2.56. The van der Waals surface area contributed by atoms with Crippen LogP contribution in [0.1, 0.15) is 37.6 Å². The van der Waals surface area contributed by atoms with E-state index in [1.807, 2.05) is 24.3 Å². The van der Waals surface area contributed by atoms with Crippen molar-refractivity contribution < 1.29 is 0 Å². The van der Waals surface area contributed by atoms with Crippen LogP contribution in [0.25, 0.3) is 23.8 Å². The van der Waals surface area contributed by atoms with Gasteiger partial charge < -0.3 is 0 Å². The molecule has 0 bridgehead atoms. The summed E-state index contributed by atoms with van der Waals surface area (Å²) in [7, 11) is 0. The van der Waals surface area contributed by atoms with Crippen LogP contribution < -0.4 is 9.75 Å². The molecule has 1 rings (SSSR count). The third-order valence-corrected chi connectivity index (χ3v) is 3.66. The van der Waals surface area contributed by atoms with E-state index in [0.717, 1.165) is 12.0 Å². The van der Waals surface area contributed by atoms with E-state index >= 15 is 0 Å². The summed E-state index contributed by atoms with van der Waals surface area (Å²) in [5, 5.41) is 1.30. The predicted molar refractivity (Wildman–Crippen MR) is 73.3 cm³/mol. The molecule has 0 aromatic carbocycles. The first-order valence-electron chi connectivity index (χ1n) is 5.23. The SMILES string of the molecule is C=Cc1c(C(=C)C)sc(=C/CC)/c1=C\C. The Morgan fingerprint density at radius 2 is 2.13 bits per heavy atom. The summed E-state index contributed by atoms with van der Waals surface area (Å²) in [5.74, 6) is 0. The first kappa shape index (κ1) is 12.0. The first-order valence-corrected chi connectivity index (χ1v) is 6.05. The van der Waals surface area contributed by atoms with E-state index in [0.29, 0.717) is 0 Å². The molecule has 80 valence electrons. The molecule has 0 saturated heterocycles. The lowest BCUT2D eigenvalue weighted by molar-refractivity contribution is 1.29. The van der Waals surface area contributed by atoms with Crippen molar-refractivity contribution in [1.29, 1.82) is 0 Å². The summed E-state index contributed by atoms with van der Waals surface area (Å²) >= 11 is 1.81. The van der Waals surface area contributed by atoms with Crippen molar-refractivity contribution in [2.75, 3.05) is 0 Å². The predicted octanol–water partition coefficient (Wildman–Crippen LogP) is 3.42. The third-order valence-electron chi connectivity index (χ3n) is 2.28. The molecule has 0 saturated carbocycles. The standard InChI is InChI=1S/C14H18S/c1-6-9-13-11(7-2)12(8-3)14(15-13)10(4)5/h7-9H,3-4,6H2,1-2,5H3/b11-7-,13-9+. The van der Waals surface area contributed by atoms with Crippen molar-refractivity contribution in [2.45, 2.75) is 27.2 Å². The summed E-state index contributed by atoms with van der Waals surface area (Å²) < 4.78 is 1.34. The van der Waals surface area contributed by atoms with Gasteiger partial charge in [-0.3, -0.25) is 0 Å². The van der Waals surface area contributed by atoms with Crippen LogP contribution >= 0.6 is 11.3 Å². The van der Waals surface area contributed by atoms with Crippen molar-refractivity contribution >= 4 is 35.1 Å². The van der Waals surface area contributed by atoms with Crippen LogP contribution in [0.5, 0.6) is 0 Å². The van der Waals surface area contributed by atoms with Gasteiger partial charge in [-0.1, -0.05) is 38.3 Å². The minimum Gasteiger partial charge on any atom is -0.135 e. The number of rotatable bonds is 3. The molecule has 0 spiro atoms. The van der Waals surface area contributed by atoms with E-state index in [2.05, 4.69) is 39.2 Å². The minimum atomic E-state index is 1.06. The lowest BCUT2D eigenvalue weighted by atomic mass is 10.1. The molecule has 0 fully saturated rings. The van der Waals surface area contributed by atoms with Gasteiger partial charge in [0.25, 0.3) is 0 Å². The maximum absolute atomic E-state index is 4.02. The molecule has 1 heteroatoms. The minimum absolute atomic E-state index is 1.06. The van der Waals surface area contributed by atoms with Gasteiger partial charge in [0.15, 0.2) is 0 Å². The van der Waals surface area contributed by atoms with Gasteiger partial charge in [0.05, 0.1) is 0 Å². The summed E-state index contributed by atoms with van der Waals surface area (Å²) in [4.78, 5) is 1.26. The monoisotopic (exact) mass is 218 g/mol. The number of hydrogen-bond donors (Lipinski definition) is 0. The molecule has 1 aromatic heterocycles. The summed E-state index contributed by atoms with van der Waals surface area (Å²) in [6.07, 6.45) is 7.41. The van der Waals surface area contributed by atoms with Gasteiger partial charge in [-0.15, -0.1) is 11.3 Å². The molecule has 0 atom stereocenters. The van der Waals surface area contributed by atoms with Gasteiger partial charge in [-0.05, 0) is 36.6 Å². The highest BCUT2D eigenvalue weighted by atomic mass is 32.1. The van der Waals surface area contributed by atoms with Gasteiger partial charge in [0, 0.05) is 9.41 Å². The van der Waals surface area contributed by atoms with Gasteiger partial charge in [-0.2, -0.15) is 0 Å². The van der Waals surface area contributed by atoms with Gasteiger partial charge >= 0.3 is 0 Å². The van der Waals surface area contributed by atoms with Crippen LogP contribution in [0, 0.1) is 0 Å². The van der Waals surface area contributed by atoms with E-state index < -0.39 is 0 Å². The Hall–Kier alpha value is -1.08. The zero-order chi connectivity index (χ0) is 11.4. The molecular formula is C14H18S. The van der Waals surface area contributed by atoms with Crippen LogP contribution in [0.4, 0.5) is 0 Å². The highest BCUT2D eigenvalue weighted by Crippen LogP contribution is 2.18. The number of hydrogen-bond acceptors (Lipinski definition) is 1. The van der Waals surface area contributed by atoms with E-state index in [1.54, 1.807) is 0 Å². The molecule has 0 nitrogen and oxygen atoms in total. The van der Waals surface area contributed by atoms with Crippen molar-refractivity contribution in [3.05, 3.63) is 33.3 Å². The normalized spacial score (nSPS) is 13.3. The molecule has 0 amide bonds. The molecule has 15 heavy (non-hydrogen) atoms. The van der Waals surface area contributed by atoms with Crippen LogP contribution in [0.15, 0.2) is 13.2 Å². The first-order chi connectivity index (χ1) is 7.15. The molecule has 1 aromatic rings. The quantitative estimate of drug-likeness (QED) is 0.729. The molecule has 0 N–H and O–H groups in total. The van der Waals surface area contributed by atoms with Crippen LogP contribution in [0.3, 0.4) is 0 Å². The van der Waals surface area contributed by atoms with E-state index in [1.165, 1.54) is 20.2 Å². The molecule has 0 radical (unpaired) electrons. The second-order valence-electron chi connectivity index (χ2n) is 3.51. The van der Waals surface area contributed by atoms with Crippen LogP contribution in [0.2, 0.25) is 0 Å². The summed E-state index contributed by atoms with van der Waals surface area (Å²) in [5.41, 5.74) is 2.35. The van der Waals surface area contributed by atoms with Crippen LogP contribution in [-0.4, -0.2) is 0 Å². The maximum atomic E-state index is 4.02. The Labute approximate surface area is 96.0 Å². The molecule has 0 aliphatic carbocycles. The second kappa shape index (κ2) is 5.13. The van der Waals surface area contributed by atoms with Gasteiger partial charge in [0.2, 0.25) is 0 Å². The number of thiophene rings is 1. The molecular weight excluding hydrogens is 200 g/mol. The van der Waals surface area contributed by atoms with Crippen molar-refractivity contribution in [3.8, 4) is 0 Å². The molecule has 0 aliphatic rings. The summed E-state index contributed by atoms with van der Waals surface area (Å²) in [6, 6.07) is 0. The van der Waals surface area contributed by atoms with Gasteiger partial charge in [-0.25, -0.2) is 0 Å². The van der Waals surface area contributed by atoms with E-state index in [9.17, 15) is 0 Å². The average molecular weight is 218 g/mol. The Bertz CT molecular complexity index is 486. The maximum Gasteiger partial charge on any atom is 0.0378 e. The van der Waals surface area contributed by atoms with Crippen molar-refractivity contribution in [1.82, 2.24) is 0 Å². The van der Waals surface area contributed by atoms with Gasteiger partial charge in [0.1, 0.15) is 0 Å². The van der Waals surface area contributed by atoms with E-state index in [-0.39, 0.29) is 0 Å². The van der Waals surface area contributed by atoms with E-state index in [4.69, 9.17) is 0 Å². The fraction of sp³-hybridized carbons (Fsp3) is 0.286. The molecule has 0 aliphatic heterocycles. The molecule has 0 unspecified atom stereocenters. The lowest BCUT2D eigenvalue weighted by Gasteiger charge is -1.95.